The molecular formula is C30H23N5O2. The van der Waals surface area contributed by atoms with Crippen LogP contribution in [0.3, 0.4) is 0 Å². The van der Waals surface area contributed by atoms with E-state index in [0.29, 0.717) is 23.7 Å². The molecule has 5 aromatic rings. The maximum absolute atomic E-state index is 9.18. The molecule has 0 saturated heterocycles. The molecule has 3 heterocycles. The van der Waals surface area contributed by atoms with Gasteiger partial charge in [0.25, 0.3) is 0 Å². The van der Waals surface area contributed by atoms with Crippen molar-refractivity contribution in [1.29, 1.82) is 5.26 Å². The number of aromatic nitrogens is 3. The number of allylic oxidation sites excluding steroid dienone is 1. The molecule has 180 valence electrons. The minimum Gasteiger partial charge on any atom is -0.493 e. The van der Waals surface area contributed by atoms with Crippen LogP contribution in [0.25, 0.3) is 33.1 Å². The number of pyridine rings is 1. The lowest BCUT2D eigenvalue weighted by atomic mass is 10.0. The Kier molecular flexibility index (Phi) is 5.62. The lowest BCUT2D eigenvalue weighted by molar-refractivity contribution is 0.285. The van der Waals surface area contributed by atoms with Crippen molar-refractivity contribution in [3.8, 4) is 28.8 Å². The second kappa shape index (κ2) is 9.25. The molecule has 0 amide bonds. The van der Waals surface area contributed by atoms with Crippen LogP contribution in [-0.2, 0) is 13.7 Å². The first-order chi connectivity index (χ1) is 18.1. The van der Waals surface area contributed by atoms with Gasteiger partial charge >= 0.3 is 0 Å². The lowest BCUT2D eigenvalue weighted by Gasteiger charge is -2.13. The molecule has 3 aromatic carbocycles. The first-order valence-electron chi connectivity index (χ1n) is 11.9. The molecule has 1 unspecified atom stereocenters. The fourth-order valence-electron chi connectivity index (χ4n) is 4.63. The second-order valence-electron chi connectivity index (χ2n) is 8.86. The van der Waals surface area contributed by atoms with Gasteiger partial charge in [-0.15, -0.1) is 0 Å². The number of hydrogen-bond donors (Lipinski definition) is 0. The van der Waals surface area contributed by atoms with Crippen molar-refractivity contribution in [1.82, 2.24) is 14.8 Å². The van der Waals surface area contributed by atoms with E-state index in [1.807, 2.05) is 54.5 Å². The van der Waals surface area contributed by atoms with Crippen molar-refractivity contribution < 1.29 is 9.47 Å². The molecule has 0 spiro atoms. The monoisotopic (exact) mass is 485 g/mol. The number of fused-ring (bicyclic) bond motifs is 3. The van der Waals surface area contributed by atoms with Crippen molar-refractivity contribution in [3.05, 3.63) is 95.7 Å². The largest absolute Gasteiger partial charge is 0.493 e. The molecule has 1 atom stereocenters. The van der Waals surface area contributed by atoms with Crippen LogP contribution >= 0.6 is 0 Å². The fraction of sp³-hybridized carbons (Fsp3) is 0.133. The van der Waals surface area contributed by atoms with E-state index in [9.17, 15) is 5.26 Å². The minimum atomic E-state index is 0.0928. The Labute approximate surface area is 213 Å². The Morgan fingerprint density at radius 2 is 1.84 bits per heavy atom. The second-order valence-corrected chi connectivity index (χ2v) is 8.86. The number of methoxy groups -OCH3 is 1. The normalized spacial score (nSPS) is 14.4. The highest BCUT2D eigenvalue weighted by Gasteiger charge is 2.18. The number of rotatable bonds is 6. The molecule has 7 heteroatoms. The van der Waals surface area contributed by atoms with E-state index in [2.05, 4.69) is 46.4 Å². The number of benzene rings is 3. The van der Waals surface area contributed by atoms with Gasteiger partial charge in [-0.05, 0) is 35.4 Å². The molecule has 0 saturated carbocycles. The van der Waals surface area contributed by atoms with E-state index in [1.54, 1.807) is 19.2 Å². The Hall–Kier alpha value is -4.96. The van der Waals surface area contributed by atoms with Gasteiger partial charge in [0.15, 0.2) is 11.5 Å². The van der Waals surface area contributed by atoms with Crippen LogP contribution in [0.1, 0.15) is 22.7 Å². The third-order valence-electron chi connectivity index (χ3n) is 6.60. The van der Waals surface area contributed by atoms with Crippen molar-refractivity contribution in [2.45, 2.75) is 12.6 Å². The maximum Gasteiger partial charge on any atom is 0.162 e. The van der Waals surface area contributed by atoms with Gasteiger partial charge in [-0.25, -0.2) is 0 Å². The highest BCUT2D eigenvalue weighted by atomic mass is 16.5. The van der Waals surface area contributed by atoms with Crippen molar-refractivity contribution in [2.75, 3.05) is 7.11 Å². The summed E-state index contributed by atoms with van der Waals surface area (Å²) < 4.78 is 13.7. The van der Waals surface area contributed by atoms with E-state index < -0.39 is 0 Å². The van der Waals surface area contributed by atoms with Gasteiger partial charge in [0.2, 0.25) is 0 Å². The average Bonchev–Trinajstić information content (AvgIpc) is 3.60. The Morgan fingerprint density at radius 1 is 1.03 bits per heavy atom. The molecule has 0 N–H and O–H groups in total. The highest BCUT2D eigenvalue weighted by molar-refractivity contribution is 6.11. The SMILES string of the molecule is COc1cc2ncc3c(c(-c4ccc(C#N)cc4)nn3C)c2cc1OCc1ccc(C2C=CC=N2)cc1. The van der Waals surface area contributed by atoms with E-state index in [4.69, 9.17) is 14.6 Å². The highest BCUT2D eigenvalue weighted by Crippen LogP contribution is 2.38. The maximum atomic E-state index is 9.18. The number of nitrogens with zero attached hydrogens (tertiary/aromatic N) is 5. The van der Waals surface area contributed by atoms with Gasteiger partial charge in [0, 0.05) is 35.7 Å². The van der Waals surface area contributed by atoms with Gasteiger partial charge in [-0.1, -0.05) is 42.5 Å². The summed E-state index contributed by atoms with van der Waals surface area (Å²) in [5.41, 5.74) is 6.25. The number of aliphatic imine (C=N–C) groups is 1. The summed E-state index contributed by atoms with van der Waals surface area (Å²) >= 11 is 0. The van der Waals surface area contributed by atoms with Crippen molar-refractivity contribution >= 4 is 28.0 Å². The molecule has 1 aliphatic rings. The lowest BCUT2D eigenvalue weighted by Crippen LogP contribution is -1.99. The summed E-state index contributed by atoms with van der Waals surface area (Å²) in [6.45, 7) is 0.394. The molecule has 37 heavy (non-hydrogen) atoms. The number of ether oxygens (including phenoxy) is 2. The quantitative estimate of drug-likeness (QED) is 0.298. The van der Waals surface area contributed by atoms with Gasteiger partial charge in [0.05, 0.1) is 42.0 Å². The Balaban J connectivity index is 1.38. The molecule has 6 rings (SSSR count). The number of aryl methyl sites for hydroxylation is 1. The van der Waals surface area contributed by atoms with E-state index in [0.717, 1.165) is 44.2 Å². The van der Waals surface area contributed by atoms with Crippen molar-refractivity contribution in [3.63, 3.8) is 0 Å². The number of hydrogen-bond acceptors (Lipinski definition) is 6. The summed E-state index contributed by atoms with van der Waals surface area (Å²) in [5, 5.41) is 15.8. The zero-order chi connectivity index (χ0) is 25.4. The van der Waals surface area contributed by atoms with Gasteiger partial charge < -0.3 is 9.47 Å². The molecular weight excluding hydrogens is 462 g/mol. The molecule has 7 nitrogen and oxygen atoms in total. The molecule has 0 fully saturated rings. The first kappa shape index (κ1) is 22.5. The molecule has 0 aliphatic carbocycles. The van der Waals surface area contributed by atoms with Crippen LogP contribution < -0.4 is 9.47 Å². The average molecular weight is 486 g/mol. The predicted octanol–water partition coefficient (Wildman–Crippen LogP) is 5.93. The summed E-state index contributed by atoms with van der Waals surface area (Å²) in [5.74, 6) is 1.25. The third kappa shape index (κ3) is 4.09. The van der Waals surface area contributed by atoms with Gasteiger partial charge in [-0.3, -0.25) is 14.7 Å². The Bertz CT molecular complexity index is 1710. The summed E-state index contributed by atoms with van der Waals surface area (Å²) in [7, 11) is 3.53. The predicted molar refractivity (Wildman–Crippen MR) is 144 cm³/mol. The summed E-state index contributed by atoms with van der Waals surface area (Å²) in [6, 6.07) is 21.9. The third-order valence-corrected chi connectivity index (χ3v) is 6.60. The van der Waals surface area contributed by atoms with E-state index >= 15 is 0 Å². The van der Waals surface area contributed by atoms with Crippen LogP contribution in [-0.4, -0.2) is 28.1 Å². The fourth-order valence-corrected chi connectivity index (χ4v) is 4.63. The molecule has 0 bridgehead atoms. The number of nitriles is 1. The minimum absolute atomic E-state index is 0.0928. The zero-order valence-electron chi connectivity index (χ0n) is 20.4. The topological polar surface area (TPSA) is 85.3 Å². The smallest absolute Gasteiger partial charge is 0.162 e. The standard InChI is InChI=1S/C30H23N5O2/c1-35-26-17-33-25-15-27(36-2)28(37-18-20-7-9-21(10-8-20)24-4-3-13-32-24)14-23(25)29(26)30(34-35)22-11-5-19(16-31)6-12-22/h3-15,17,24H,18H2,1-2H3. The van der Waals surface area contributed by atoms with Crippen LogP contribution in [0.15, 0.2) is 84.0 Å². The molecule has 0 radical (unpaired) electrons. The summed E-state index contributed by atoms with van der Waals surface area (Å²) in [4.78, 5) is 9.10. The van der Waals surface area contributed by atoms with E-state index in [1.165, 1.54) is 0 Å². The Morgan fingerprint density at radius 3 is 2.54 bits per heavy atom. The van der Waals surface area contributed by atoms with Crippen LogP contribution in [0.2, 0.25) is 0 Å². The zero-order valence-corrected chi connectivity index (χ0v) is 20.4. The molecule has 1 aliphatic heterocycles. The molecule has 2 aromatic heterocycles. The van der Waals surface area contributed by atoms with Crippen molar-refractivity contribution in [2.24, 2.45) is 12.0 Å². The van der Waals surface area contributed by atoms with Crippen LogP contribution in [0.5, 0.6) is 11.5 Å². The first-order valence-corrected chi connectivity index (χ1v) is 11.9. The summed E-state index contributed by atoms with van der Waals surface area (Å²) in [6.07, 6.45) is 7.69. The van der Waals surface area contributed by atoms with Gasteiger partial charge in [-0.2, -0.15) is 10.4 Å². The van der Waals surface area contributed by atoms with Crippen LogP contribution in [0.4, 0.5) is 0 Å². The van der Waals surface area contributed by atoms with E-state index in [-0.39, 0.29) is 6.04 Å². The van der Waals surface area contributed by atoms with Crippen LogP contribution in [0, 0.1) is 11.3 Å². The van der Waals surface area contributed by atoms with Gasteiger partial charge in [0.1, 0.15) is 12.3 Å².